The molecule has 0 unspecified atom stereocenters. The molecule has 5 heteroatoms. The van der Waals surface area contributed by atoms with Gasteiger partial charge in [-0.05, 0) is 26.0 Å². The number of benzene rings is 2. The second-order valence-corrected chi connectivity index (χ2v) is 6.77. The Balaban J connectivity index is 1.91. The standard InChI is InChI=1S/C22H16N2O3/c1-11-17(13-7-3-5-9-15(13)23-11)19-20(22(26)27-21(19)25)18-12(2)24-16-10-6-4-8-14(16)18/h3-10,23-24H,1-2H3. The monoisotopic (exact) mass is 356 g/mol. The van der Waals surface area contributed by atoms with Gasteiger partial charge < -0.3 is 14.7 Å². The maximum absolute atomic E-state index is 12.7. The van der Waals surface area contributed by atoms with Crippen LogP contribution in [0.5, 0.6) is 0 Å². The molecule has 1 aliphatic heterocycles. The molecule has 0 spiro atoms. The maximum Gasteiger partial charge on any atom is 0.347 e. The van der Waals surface area contributed by atoms with Gasteiger partial charge in [-0.1, -0.05) is 36.4 Å². The predicted octanol–water partition coefficient (Wildman–Crippen LogP) is 4.26. The number of carbonyl (C=O) groups excluding carboxylic acids is 2. The van der Waals surface area contributed by atoms with Crippen molar-refractivity contribution in [1.82, 2.24) is 9.97 Å². The number of hydrogen-bond donors (Lipinski definition) is 2. The van der Waals surface area contributed by atoms with Crippen LogP contribution in [0.1, 0.15) is 22.5 Å². The Morgan fingerprint density at radius 1 is 0.667 bits per heavy atom. The van der Waals surface area contributed by atoms with E-state index < -0.39 is 11.9 Å². The molecular formula is C22H16N2O3. The predicted molar refractivity (Wildman–Crippen MR) is 104 cm³/mol. The van der Waals surface area contributed by atoms with Crippen molar-refractivity contribution in [1.29, 1.82) is 0 Å². The van der Waals surface area contributed by atoms with Crippen LogP contribution in [0.3, 0.4) is 0 Å². The first-order chi connectivity index (χ1) is 13.1. The van der Waals surface area contributed by atoms with Crippen molar-refractivity contribution in [3.8, 4) is 0 Å². The van der Waals surface area contributed by atoms with Crippen LogP contribution in [-0.2, 0) is 14.3 Å². The topological polar surface area (TPSA) is 74.9 Å². The number of hydrogen-bond acceptors (Lipinski definition) is 3. The number of aryl methyl sites for hydroxylation is 2. The molecule has 27 heavy (non-hydrogen) atoms. The Morgan fingerprint density at radius 2 is 1.07 bits per heavy atom. The lowest BCUT2D eigenvalue weighted by atomic mass is 9.93. The van der Waals surface area contributed by atoms with Crippen molar-refractivity contribution >= 4 is 44.9 Å². The van der Waals surface area contributed by atoms with Gasteiger partial charge in [0.15, 0.2) is 0 Å². The average molecular weight is 356 g/mol. The molecule has 0 amide bonds. The highest BCUT2D eigenvalue weighted by Crippen LogP contribution is 2.41. The Kier molecular flexibility index (Phi) is 3.15. The summed E-state index contributed by atoms with van der Waals surface area (Å²) in [5.74, 6) is -1.21. The number of rotatable bonds is 2. The summed E-state index contributed by atoms with van der Waals surface area (Å²) < 4.78 is 5.06. The fourth-order valence-corrected chi connectivity index (χ4v) is 4.04. The van der Waals surface area contributed by atoms with Gasteiger partial charge in [0.25, 0.3) is 0 Å². The molecule has 0 saturated heterocycles. The molecule has 5 nitrogen and oxygen atoms in total. The number of H-pyrrole nitrogens is 2. The average Bonchev–Trinajstić information content (AvgIpc) is 3.24. The zero-order valence-corrected chi connectivity index (χ0v) is 14.8. The summed E-state index contributed by atoms with van der Waals surface area (Å²) in [6.45, 7) is 3.80. The Hall–Kier alpha value is -3.60. The highest BCUT2D eigenvalue weighted by atomic mass is 16.6. The van der Waals surface area contributed by atoms with Crippen LogP contribution in [-0.4, -0.2) is 21.9 Å². The number of para-hydroxylation sites is 2. The number of aromatic amines is 2. The normalized spacial score (nSPS) is 14.6. The van der Waals surface area contributed by atoms with Crippen LogP contribution in [0, 0.1) is 13.8 Å². The van der Waals surface area contributed by atoms with E-state index in [-0.39, 0.29) is 0 Å². The minimum atomic E-state index is -0.604. The molecule has 1 aliphatic rings. The van der Waals surface area contributed by atoms with Crippen LogP contribution in [0.25, 0.3) is 33.0 Å². The number of cyclic esters (lactones) is 2. The van der Waals surface area contributed by atoms with Crippen LogP contribution in [0.4, 0.5) is 0 Å². The lowest BCUT2D eigenvalue weighted by molar-refractivity contribution is -0.149. The third-order valence-electron chi connectivity index (χ3n) is 5.13. The van der Waals surface area contributed by atoms with Crippen molar-refractivity contribution in [2.45, 2.75) is 13.8 Å². The molecule has 5 rings (SSSR count). The minimum Gasteiger partial charge on any atom is -0.386 e. The van der Waals surface area contributed by atoms with Crippen molar-refractivity contribution in [2.75, 3.05) is 0 Å². The Morgan fingerprint density at radius 3 is 1.52 bits per heavy atom. The van der Waals surface area contributed by atoms with Gasteiger partial charge in [0.2, 0.25) is 0 Å². The summed E-state index contributed by atoms with van der Waals surface area (Å²) in [5.41, 5.74) is 5.58. The minimum absolute atomic E-state index is 0.322. The van der Waals surface area contributed by atoms with Gasteiger partial charge in [-0.3, -0.25) is 0 Å². The van der Waals surface area contributed by atoms with E-state index in [4.69, 9.17) is 4.74 Å². The smallest absolute Gasteiger partial charge is 0.347 e. The fraction of sp³-hybridized carbons (Fsp3) is 0.0909. The number of carbonyl (C=O) groups is 2. The quantitative estimate of drug-likeness (QED) is 0.416. The molecule has 0 bridgehead atoms. The van der Waals surface area contributed by atoms with Crippen LogP contribution < -0.4 is 0 Å². The molecule has 0 atom stereocenters. The van der Waals surface area contributed by atoms with Gasteiger partial charge in [0.1, 0.15) is 0 Å². The molecule has 2 aromatic heterocycles. The number of fused-ring (bicyclic) bond motifs is 2. The van der Waals surface area contributed by atoms with Gasteiger partial charge in [-0.2, -0.15) is 0 Å². The zero-order chi connectivity index (χ0) is 18.7. The van der Waals surface area contributed by atoms with Crippen molar-refractivity contribution in [3.05, 3.63) is 71.0 Å². The van der Waals surface area contributed by atoms with Gasteiger partial charge >= 0.3 is 11.9 Å². The highest BCUT2D eigenvalue weighted by molar-refractivity contribution is 6.47. The molecule has 2 N–H and O–H groups in total. The molecule has 2 aromatic carbocycles. The summed E-state index contributed by atoms with van der Waals surface area (Å²) in [7, 11) is 0. The molecule has 0 fully saturated rings. The van der Waals surface area contributed by atoms with Gasteiger partial charge in [0.05, 0.1) is 11.1 Å². The highest BCUT2D eigenvalue weighted by Gasteiger charge is 2.38. The lowest BCUT2D eigenvalue weighted by Crippen LogP contribution is -2.02. The molecule has 4 aromatic rings. The van der Waals surface area contributed by atoms with Crippen molar-refractivity contribution in [2.24, 2.45) is 0 Å². The van der Waals surface area contributed by atoms with Gasteiger partial charge in [0, 0.05) is 44.3 Å². The van der Waals surface area contributed by atoms with E-state index >= 15 is 0 Å². The third-order valence-corrected chi connectivity index (χ3v) is 5.13. The number of aromatic nitrogens is 2. The number of ether oxygens (including phenoxy) is 1. The summed E-state index contributed by atoms with van der Waals surface area (Å²) in [6.07, 6.45) is 0. The summed E-state index contributed by atoms with van der Waals surface area (Å²) in [4.78, 5) is 32.0. The zero-order valence-electron chi connectivity index (χ0n) is 14.8. The van der Waals surface area contributed by atoms with Gasteiger partial charge in [-0.25, -0.2) is 9.59 Å². The van der Waals surface area contributed by atoms with E-state index in [9.17, 15) is 9.59 Å². The van der Waals surface area contributed by atoms with E-state index in [0.717, 1.165) is 44.3 Å². The van der Waals surface area contributed by atoms with E-state index in [2.05, 4.69) is 9.97 Å². The van der Waals surface area contributed by atoms with E-state index in [1.165, 1.54) is 0 Å². The van der Waals surface area contributed by atoms with Crippen LogP contribution in [0.15, 0.2) is 48.5 Å². The summed E-state index contributed by atoms with van der Waals surface area (Å²) >= 11 is 0. The Labute approximate surface area is 154 Å². The van der Waals surface area contributed by atoms with Gasteiger partial charge in [-0.15, -0.1) is 0 Å². The molecule has 132 valence electrons. The van der Waals surface area contributed by atoms with E-state index in [1.807, 2.05) is 62.4 Å². The summed E-state index contributed by atoms with van der Waals surface area (Å²) in [6, 6.07) is 15.5. The summed E-state index contributed by atoms with van der Waals surface area (Å²) in [5, 5.41) is 1.79. The second kappa shape index (κ2) is 5.45. The number of nitrogens with one attached hydrogen (secondary N) is 2. The first kappa shape index (κ1) is 15.6. The van der Waals surface area contributed by atoms with Crippen molar-refractivity contribution < 1.29 is 14.3 Å². The second-order valence-electron chi connectivity index (χ2n) is 6.77. The van der Waals surface area contributed by atoms with Crippen molar-refractivity contribution in [3.63, 3.8) is 0 Å². The molecule has 0 saturated carbocycles. The first-order valence-electron chi connectivity index (χ1n) is 8.72. The van der Waals surface area contributed by atoms with Crippen LogP contribution in [0.2, 0.25) is 0 Å². The molecule has 3 heterocycles. The lowest BCUT2D eigenvalue weighted by Gasteiger charge is -2.04. The first-order valence-corrected chi connectivity index (χ1v) is 8.72. The number of esters is 2. The fourth-order valence-electron chi connectivity index (χ4n) is 4.04. The molecule has 0 radical (unpaired) electrons. The van der Waals surface area contributed by atoms with Crippen LogP contribution >= 0.6 is 0 Å². The Bertz CT molecular complexity index is 1200. The van der Waals surface area contributed by atoms with E-state index in [1.54, 1.807) is 0 Å². The SMILES string of the molecule is Cc1[nH]c2ccccc2c1C1=C(c2c(C)[nH]c3ccccc23)C(=O)OC1=O. The van der Waals surface area contributed by atoms with E-state index in [0.29, 0.717) is 11.1 Å². The maximum atomic E-state index is 12.7. The molecule has 0 aliphatic carbocycles. The third kappa shape index (κ3) is 2.11. The molecular weight excluding hydrogens is 340 g/mol. The largest absolute Gasteiger partial charge is 0.386 e.